The second-order valence-electron chi connectivity index (χ2n) is 5.22. The third kappa shape index (κ3) is 3.08. The van der Waals surface area contributed by atoms with Crippen molar-refractivity contribution in [2.24, 2.45) is 0 Å². The van der Waals surface area contributed by atoms with Gasteiger partial charge in [-0.2, -0.15) is 0 Å². The summed E-state index contributed by atoms with van der Waals surface area (Å²) in [6, 6.07) is 14.3. The molecule has 2 rings (SSSR count). The first kappa shape index (κ1) is 13.5. The Morgan fingerprint density at radius 1 is 0.947 bits per heavy atom. The van der Waals surface area contributed by atoms with Crippen molar-refractivity contribution in [3.8, 4) is 5.75 Å². The molecule has 1 unspecified atom stereocenters. The summed E-state index contributed by atoms with van der Waals surface area (Å²) in [4.78, 5) is 2.26. The average molecular weight is 255 g/mol. The average Bonchev–Trinajstić information content (AvgIpc) is 2.37. The predicted molar refractivity (Wildman–Crippen MR) is 80.8 cm³/mol. The molecule has 0 aliphatic rings. The fourth-order valence-electron chi connectivity index (χ4n) is 2.35. The van der Waals surface area contributed by atoms with E-state index < -0.39 is 0 Å². The van der Waals surface area contributed by atoms with E-state index in [1.165, 1.54) is 22.4 Å². The summed E-state index contributed by atoms with van der Waals surface area (Å²) in [5.41, 5.74) is 4.97. The lowest BCUT2D eigenvalue weighted by Crippen LogP contribution is -2.21. The molecule has 0 heterocycles. The van der Waals surface area contributed by atoms with Gasteiger partial charge in [-0.3, -0.25) is 0 Å². The smallest absolute Gasteiger partial charge is 0.115 e. The second-order valence-corrected chi connectivity index (χ2v) is 5.22. The Morgan fingerprint density at radius 3 is 2.00 bits per heavy atom. The number of benzene rings is 2. The van der Waals surface area contributed by atoms with Crippen LogP contribution < -0.4 is 4.90 Å². The number of rotatable bonds is 3. The maximum Gasteiger partial charge on any atom is 0.115 e. The van der Waals surface area contributed by atoms with Crippen LogP contribution >= 0.6 is 0 Å². The highest BCUT2D eigenvalue weighted by molar-refractivity contribution is 5.52. The largest absolute Gasteiger partial charge is 0.508 e. The van der Waals surface area contributed by atoms with E-state index in [1.807, 2.05) is 12.1 Å². The van der Waals surface area contributed by atoms with Crippen molar-refractivity contribution >= 4 is 5.69 Å². The van der Waals surface area contributed by atoms with Crippen LogP contribution in [0.1, 0.15) is 29.7 Å². The highest BCUT2D eigenvalue weighted by atomic mass is 16.3. The summed E-state index contributed by atoms with van der Waals surface area (Å²) in [5, 5.41) is 9.35. The summed E-state index contributed by atoms with van der Waals surface area (Å²) < 4.78 is 0. The van der Waals surface area contributed by atoms with Crippen LogP contribution in [0.3, 0.4) is 0 Å². The number of aryl methyl sites for hydroxylation is 2. The molecule has 0 saturated carbocycles. The number of hydrogen-bond donors (Lipinski definition) is 1. The molecule has 2 heteroatoms. The summed E-state index contributed by atoms with van der Waals surface area (Å²) in [5.74, 6) is 0.310. The van der Waals surface area contributed by atoms with E-state index in [2.05, 4.69) is 50.9 Å². The summed E-state index contributed by atoms with van der Waals surface area (Å²) >= 11 is 0. The van der Waals surface area contributed by atoms with Crippen LogP contribution in [0.25, 0.3) is 0 Å². The number of phenolic OH excluding ortho intramolecular Hbond substituents is 1. The second kappa shape index (κ2) is 5.35. The number of hydrogen-bond acceptors (Lipinski definition) is 2. The molecule has 0 saturated heterocycles. The Balaban J connectivity index is 2.27. The van der Waals surface area contributed by atoms with Gasteiger partial charge in [0.2, 0.25) is 0 Å². The molecule has 2 aromatic rings. The molecule has 1 N–H and O–H groups in total. The van der Waals surface area contributed by atoms with Gasteiger partial charge in [-0.25, -0.2) is 0 Å². The fourth-order valence-corrected chi connectivity index (χ4v) is 2.35. The molecule has 0 radical (unpaired) electrons. The minimum atomic E-state index is 0.266. The van der Waals surface area contributed by atoms with Crippen molar-refractivity contribution in [2.45, 2.75) is 26.8 Å². The number of anilines is 1. The van der Waals surface area contributed by atoms with Gasteiger partial charge < -0.3 is 10.0 Å². The van der Waals surface area contributed by atoms with Crippen LogP contribution in [0.5, 0.6) is 5.75 Å². The zero-order valence-corrected chi connectivity index (χ0v) is 12.0. The fraction of sp³-hybridized carbons (Fsp3) is 0.294. The number of nitrogens with zero attached hydrogens (tertiary/aromatic N) is 1. The highest BCUT2D eigenvalue weighted by Gasteiger charge is 2.12. The quantitative estimate of drug-likeness (QED) is 0.888. The van der Waals surface area contributed by atoms with Crippen molar-refractivity contribution in [1.82, 2.24) is 0 Å². The maximum absolute atomic E-state index is 9.35. The van der Waals surface area contributed by atoms with Crippen LogP contribution in [0.2, 0.25) is 0 Å². The van der Waals surface area contributed by atoms with Gasteiger partial charge in [0.1, 0.15) is 5.75 Å². The van der Waals surface area contributed by atoms with Gasteiger partial charge in [0.15, 0.2) is 0 Å². The third-order valence-corrected chi connectivity index (χ3v) is 3.57. The predicted octanol–water partition coefficient (Wildman–Crippen LogP) is 4.21. The lowest BCUT2D eigenvalue weighted by atomic mass is 10.1. The van der Waals surface area contributed by atoms with Gasteiger partial charge in [0.05, 0.1) is 6.04 Å². The molecule has 0 aliphatic carbocycles. The SMILES string of the molecule is Cc1cc(C)cc(N(C)C(C)c2ccc(O)cc2)c1. The molecule has 0 spiro atoms. The number of aromatic hydroxyl groups is 1. The van der Waals surface area contributed by atoms with Crippen molar-refractivity contribution in [2.75, 3.05) is 11.9 Å². The van der Waals surface area contributed by atoms with Gasteiger partial charge >= 0.3 is 0 Å². The minimum Gasteiger partial charge on any atom is -0.508 e. The molecular formula is C17H21NO. The number of phenols is 1. The van der Waals surface area contributed by atoms with E-state index in [0.29, 0.717) is 5.75 Å². The zero-order valence-electron chi connectivity index (χ0n) is 12.0. The van der Waals surface area contributed by atoms with E-state index in [1.54, 1.807) is 12.1 Å². The third-order valence-electron chi connectivity index (χ3n) is 3.57. The first-order valence-corrected chi connectivity index (χ1v) is 6.57. The normalized spacial score (nSPS) is 12.2. The van der Waals surface area contributed by atoms with Crippen LogP contribution in [0, 0.1) is 13.8 Å². The maximum atomic E-state index is 9.35. The lowest BCUT2D eigenvalue weighted by Gasteiger charge is -2.28. The van der Waals surface area contributed by atoms with Crippen LogP contribution in [0.15, 0.2) is 42.5 Å². The van der Waals surface area contributed by atoms with E-state index in [0.717, 1.165) is 0 Å². The summed E-state index contributed by atoms with van der Waals surface area (Å²) in [7, 11) is 2.10. The van der Waals surface area contributed by atoms with E-state index in [-0.39, 0.29) is 6.04 Å². The lowest BCUT2D eigenvalue weighted by molar-refractivity contribution is 0.475. The van der Waals surface area contributed by atoms with Gasteiger partial charge in [-0.05, 0) is 61.7 Å². The van der Waals surface area contributed by atoms with Crippen molar-refractivity contribution in [3.05, 3.63) is 59.2 Å². The van der Waals surface area contributed by atoms with Crippen LogP contribution in [0.4, 0.5) is 5.69 Å². The van der Waals surface area contributed by atoms with Gasteiger partial charge in [0, 0.05) is 12.7 Å². The molecule has 0 amide bonds. The molecule has 2 nitrogen and oxygen atoms in total. The molecule has 100 valence electrons. The molecular weight excluding hydrogens is 234 g/mol. The first-order valence-electron chi connectivity index (χ1n) is 6.57. The monoisotopic (exact) mass is 255 g/mol. The molecule has 19 heavy (non-hydrogen) atoms. The Kier molecular flexibility index (Phi) is 3.79. The standard InChI is InChI=1S/C17H21NO/c1-12-9-13(2)11-16(10-12)18(4)14(3)15-5-7-17(19)8-6-15/h5-11,14,19H,1-4H3. The molecule has 0 aliphatic heterocycles. The van der Waals surface area contributed by atoms with E-state index >= 15 is 0 Å². The zero-order chi connectivity index (χ0) is 14.0. The van der Waals surface area contributed by atoms with E-state index in [4.69, 9.17) is 0 Å². The topological polar surface area (TPSA) is 23.5 Å². The molecule has 0 aromatic heterocycles. The van der Waals surface area contributed by atoms with Gasteiger partial charge in [-0.1, -0.05) is 18.2 Å². The first-order chi connectivity index (χ1) is 8.97. The minimum absolute atomic E-state index is 0.266. The Hall–Kier alpha value is -1.96. The highest BCUT2D eigenvalue weighted by Crippen LogP contribution is 2.27. The molecule has 0 bridgehead atoms. The Bertz CT molecular complexity index is 540. The summed E-state index contributed by atoms with van der Waals surface area (Å²) in [6.07, 6.45) is 0. The summed E-state index contributed by atoms with van der Waals surface area (Å²) in [6.45, 7) is 6.41. The molecule has 0 fully saturated rings. The van der Waals surface area contributed by atoms with E-state index in [9.17, 15) is 5.11 Å². The van der Waals surface area contributed by atoms with Crippen LogP contribution in [-0.2, 0) is 0 Å². The van der Waals surface area contributed by atoms with Crippen molar-refractivity contribution in [3.63, 3.8) is 0 Å². The van der Waals surface area contributed by atoms with Gasteiger partial charge in [0.25, 0.3) is 0 Å². The Morgan fingerprint density at radius 2 is 1.47 bits per heavy atom. The van der Waals surface area contributed by atoms with Crippen molar-refractivity contribution in [1.29, 1.82) is 0 Å². The molecule has 1 atom stereocenters. The van der Waals surface area contributed by atoms with Gasteiger partial charge in [-0.15, -0.1) is 0 Å². The van der Waals surface area contributed by atoms with Crippen molar-refractivity contribution < 1.29 is 5.11 Å². The van der Waals surface area contributed by atoms with Crippen LogP contribution in [-0.4, -0.2) is 12.2 Å². The Labute approximate surface area is 115 Å². The molecule has 2 aromatic carbocycles.